The first-order valence-corrected chi connectivity index (χ1v) is 5.74. The van der Waals surface area contributed by atoms with E-state index in [1.807, 2.05) is 5.43 Å². The molecular formula is C11H7ClF2N4O3. The Morgan fingerprint density at radius 1 is 1.33 bits per heavy atom. The van der Waals surface area contributed by atoms with Crippen LogP contribution in [0.4, 0.5) is 20.3 Å². The van der Waals surface area contributed by atoms with Crippen molar-refractivity contribution in [1.82, 2.24) is 4.98 Å². The highest BCUT2D eigenvalue weighted by atomic mass is 35.5. The van der Waals surface area contributed by atoms with Gasteiger partial charge in [-0.25, -0.2) is 14.6 Å². The number of hydrazine groups is 1. The fourth-order valence-corrected chi connectivity index (χ4v) is 1.63. The molecule has 0 spiro atoms. The molecule has 1 aromatic carbocycles. The summed E-state index contributed by atoms with van der Waals surface area (Å²) in [7, 11) is 0. The predicted octanol–water partition coefficient (Wildman–Crippen LogP) is 3.00. The number of halogens is 3. The van der Waals surface area contributed by atoms with Crippen molar-refractivity contribution >= 4 is 23.1 Å². The summed E-state index contributed by atoms with van der Waals surface area (Å²) in [5.74, 6) is 1.84. The number of non-ortho nitro benzene ring substituents is 1. The van der Waals surface area contributed by atoms with Gasteiger partial charge in [-0.1, -0.05) is 11.6 Å². The third kappa shape index (κ3) is 3.15. The van der Waals surface area contributed by atoms with Gasteiger partial charge in [0.25, 0.3) is 11.6 Å². The maximum Gasteiger partial charge on any atom is 0.271 e. The highest BCUT2D eigenvalue weighted by molar-refractivity contribution is 6.32. The number of aromatic nitrogens is 1. The highest BCUT2D eigenvalue weighted by Gasteiger charge is 2.16. The Morgan fingerprint density at radius 3 is 2.62 bits per heavy atom. The number of nitrogen functional groups attached to an aromatic ring is 1. The molecule has 0 amide bonds. The van der Waals surface area contributed by atoms with E-state index in [0.717, 1.165) is 12.1 Å². The summed E-state index contributed by atoms with van der Waals surface area (Å²) in [4.78, 5) is 13.4. The summed E-state index contributed by atoms with van der Waals surface area (Å²) in [5.41, 5.74) is 1.67. The van der Waals surface area contributed by atoms with Gasteiger partial charge < -0.3 is 10.2 Å². The lowest BCUT2D eigenvalue weighted by Crippen LogP contribution is -2.11. The number of nitrogens with two attached hydrogens (primary N) is 1. The zero-order valence-electron chi connectivity index (χ0n) is 10.1. The minimum atomic E-state index is -1.08. The monoisotopic (exact) mass is 316 g/mol. The van der Waals surface area contributed by atoms with E-state index in [2.05, 4.69) is 4.98 Å². The Balaban J connectivity index is 2.36. The number of nitrogens with one attached hydrogen (secondary N) is 1. The van der Waals surface area contributed by atoms with Gasteiger partial charge in [-0.15, -0.1) is 0 Å². The van der Waals surface area contributed by atoms with Crippen LogP contribution < -0.4 is 16.0 Å². The van der Waals surface area contributed by atoms with Crippen LogP contribution in [0.15, 0.2) is 24.3 Å². The molecule has 0 aliphatic heterocycles. The number of rotatable bonds is 4. The van der Waals surface area contributed by atoms with E-state index in [4.69, 9.17) is 22.2 Å². The summed E-state index contributed by atoms with van der Waals surface area (Å²) in [6, 6.07) is 3.84. The molecule has 0 bridgehead atoms. The molecule has 0 fully saturated rings. The summed E-state index contributed by atoms with van der Waals surface area (Å²) < 4.78 is 31.8. The van der Waals surface area contributed by atoms with Crippen molar-refractivity contribution in [3.63, 3.8) is 0 Å². The van der Waals surface area contributed by atoms with Gasteiger partial charge in [0.2, 0.25) is 0 Å². The van der Waals surface area contributed by atoms with E-state index in [9.17, 15) is 18.9 Å². The number of nitro groups is 1. The van der Waals surface area contributed by atoms with Crippen LogP contribution in [0.2, 0.25) is 5.02 Å². The maximum atomic E-state index is 13.5. The zero-order valence-corrected chi connectivity index (χ0v) is 10.9. The average Bonchev–Trinajstić information content (AvgIpc) is 2.43. The normalized spacial score (nSPS) is 10.3. The minimum absolute atomic E-state index is 0.0803. The number of pyridine rings is 1. The van der Waals surface area contributed by atoms with Crippen molar-refractivity contribution in [2.45, 2.75) is 0 Å². The number of anilines is 1. The Morgan fingerprint density at radius 2 is 2.05 bits per heavy atom. The molecule has 7 nitrogen and oxygen atoms in total. The van der Waals surface area contributed by atoms with Crippen LogP contribution in [0, 0.1) is 21.7 Å². The van der Waals surface area contributed by atoms with Crippen LogP contribution in [-0.4, -0.2) is 9.91 Å². The Labute approximate surface area is 121 Å². The lowest BCUT2D eigenvalue weighted by Gasteiger charge is -2.09. The molecule has 2 rings (SSSR count). The molecule has 110 valence electrons. The maximum absolute atomic E-state index is 13.5. The SMILES string of the molecule is NNc1nc(Oc2ccc([N+](=O)[O-])cc2Cl)c(F)cc1F. The first-order valence-electron chi connectivity index (χ1n) is 5.37. The smallest absolute Gasteiger partial charge is 0.271 e. The van der Waals surface area contributed by atoms with Crippen LogP contribution in [0.5, 0.6) is 11.6 Å². The van der Waals surface area contributed by atoms with Crippen LogP contribution >= 0.6 is 11.6 Å². The molecule has 0 radical (unpaired) electrons. The van der Waals surface area contributed by atoms with Crippen LogP contribution in [0.25, 0.3) is 0 Å². The van der Waals surface area contributed by atoms with Crippen LogP contribution in [0.1, 0.15) is 0 Å². The molecule has 0 aliphatic carbocycles. The average molecular weight is 317 g/mol. The fourth-order valence-electron chi connectivity index (χ4n) is 1.41. The third-order valence-corrected chi connectivity index (χ3v) is 2.66. The number of nitro benzene ring substituents is 1. The topological polar surface area (TPSA) is 103 Å². The van der Waals surface area contributed by atoms with Gasteiger partial charge in [0.05, 0.1) is 9.95 Å². The van der Waals surface area contributed by atoms with Gasteiger partial charge in [0, 0.05) is 18.2 Å². The lowest BCUT2D eigenvalue weighted by atomic mass is 10.3. The molecule has 21 heavy (non-hydrogen) atoms. The van der Waals surface area contributed by atoms with Crippen molar-refractivity contribution in [3.05, 3.63) is 51.0 Å². The number of ether oxygens (including phenoxy) is 1. The van der Waals surface area contributed by atoms with Crippen molar-refractivity contribution in [2.75, 3.05) is 5.43 Å². The van der Waals surface area contributed by atoms with Crippen LogP contribution in [0.3, 0.4) is 0 Å². The molecule has 0 aliphatic rings. The summed E-state index contributed by atoms with van der Waals surface area (Å²) >= 11 is 5.79. The molecule has 10 heteroatoms. The van der Waals surface area contributed by atoms with E-state index in [0.29, 0.717) is 6.07 Å². The van der Waals surface area contributed by atoms with E-state index in [1.165, 1.54) is 6.07 Å². The van der Waals surface area contributed by atoms with E-state index >= 15 is 0 Å². The lowest BCUT2D eigenvalue weighted by molar-refractivity contribution is -0.384. The molecule has 0 saturated heterocycles. The van der Waals surface area contributed by atoms with Crippen molar-refractivity contribution in [3.8, 4) is 11.6 Å². The summed E-state index contributed by atoms with van der Waals surface area (Å²) in [5, 5.41) is 10.4. The standard InChI is InChI=1S/C11H7ClF2N4O3/c12-6-3-5(18(19)20)1-2-9(6)21-11-8(14)4-7(13)10(16-11)17-15/h1-4H,15H2,(H,16,17). The van der Waals surface area contributed by atoms with Gasteiger partial charge >= 0.3 is 0 Å². The summed E-state index contributed by atoms with van der Waals surface area (Å²) in [6.07, 6.45) is 0. The Kier molecular flexibility index (Phi) is 4.15. The molecule has 0 unspecified atom stereocenters. The van der Waals surface area contributed by atoms with E-state index < -0.39 is 28.3 Å². The number of nitrogens with zero attached hydrogens (tertiary/aromatic N) is 2. The first kappa shape index (κ1) is 14.9. The molecule has 0 atom stereocenters. The van der Waals surface area contributed by atoms with E-state index in [-0.39, 0.29) is 16.5 Å². The van der Waals surface area contributed by atoms with E-state index in [1.54, 1.807) is 0 Å². The molecule has 0 saturated carbocycles. The van der Waals surface area contributed by atoms with Crippen molar-refractivity contribution < 1.29 is 18.4 Å². The van der Waals surface area contributed by atoms with Gasteiger partial charge in [-0.05, 0) is 6.07 Å². The summed E-state index contributed by atoms with van der Waals surface area (Å²) in [6.45, 7) is 0. The molecule has 3 N–H and O–H groups in total. The highest BCUT2D eigenvalue weighted by Crippen LogP contribution is 2.33. The molecule has 1 heterocycles. The number of hydrogen-bond donors (Lipinski definition) is 2. The van der Waals surface area contributed by atoms with Crippen molar-refractivity contribution in [2.24, 2.45) is 5.84 Å². The Bertz CT molecular complexity index is 714. The first-order chi connectivity index (χ1) is 9.92. The second kappa shape index (κ2) is 5.85. The van der Waals surface area contributed by atoms with Gasteiger partial charge in [0.1, 0.15) is 5.75 Å². The molecule has 2 aromatic rings. The second-order valence-corrected chi connectivity index (χ2v) is 4.13. The second-order valence-electron chi connectivity index (χ2n) is 3.72. The van der Waals surface area contributed by atoms with Gasteiger partial charge in [-0.3, -0.25) is 10.1 Å². The van der Waals surface area contributed by atoms with Crippen molar-refractivity contribution in [1.29, 1.82) is 0 Å². The quantitative estimate of drug-likeness (QED) is 0.510. The third-order valence-electron chi connectivity index (χ3n) is 2.37. The molecule has 1 aromatic heterocycles. The van der Waals surface area contributed by atoms with Gasteiger partial charge in [0.15, 0.2) is 17.5 Å². The fraction of sp³-hybridized carbons (Fsp3) is 0. The Hall–Kier alpha value is -2.52. The predicted molar refractivity (Wildman–Crippen MR) is 70.1 cm³/mol. The zero-order chi connectivity index (χ0) is 15.6. The minimum Gasteiger partial charge on any atom is -0.435 e. The number of benzene rings is 1. The van der Waals surface area contributed by atoms with Gasteiger partial charge in [-0.2, -0.15) is 4.98 Å². The largest absolute Gasteiger partial charge is 0.435 e. The number of hydrogen-bond acceptors (Lipinski definition) is 6. The van der Waals surface area contributed by atoms with Crippen LogP contribution in [-0.2, 0) is 0 Å². The molecular weight excluding hydrogens is 310 g/mol.